The number of hydrogen-bond donors (Lipinski definition) is 3. The van der Waals surface area contributed by atoms with Crippen molar-refractivity contribution in [3.63, 3.8) is 0 Å². The smallest absolute Gasteiger partial charge is 0.272 e. The number of nitrogens with one attached hydrogen (secondary N) is 2. The first-order valence-corrected chi connectivity index (χ1v) is 22.1. The molecular weight excluding hydrogens is 742 g/mol. The molecule has 1 saturated carbocycles. The first-order chi connectivity index (χ1) is 27.0. The van der Waals surface area contributed by atoms with Gasteiger partial charge in [-0.2, -0.15) is 4.21 Å². The largest absolute Gasteiger partial charge is 0.455 e. The fourth-order valence-electron chi connectivity index (χ4n) is 8.71. The Hall–Kier alpha value is -5.00. The fraction of sp³-hybridized carbons (Fsp3) is 0.289. The van der Waals surface area contributed by atoms with Crippen molar-refractivity contribution in [1.29, 1.82) is 0 Å². The predicted octanol–water partition coefficient (Wildman–Crippen LogP) is 9.72. The highest BCUT2D eigenvalue weighted by Gasteiger charge is 2.41. The Morgan fingerprint density at radius 1 is 0.929 bits per heavy atom. The second-order valence-corrected chi connectivity index (χ2v) is 19.7. The van der Waals surface area contributed by atoms with Crippen molar-refractivity contribution in [2.45, 2.75) is 43.4 Å². The molecule has 4 aromatic carbocycles. The molecule has 11 heteroatoms. The van der Waals surface area contributed by atoms with Crippen LogP contribution in [0.5, 0.6) is 11.5 Å². The topological polar surface area (TPSA) is 111 Å². The number of H-pyrrole nitrogens is 1. The number of hydrogen-bond acceptors (Lipinski definition) is 6. The fourth-order valence-corrected chi connectivity index (χ4v) is 10.3. The highest BCUT2D eigenvalue weighted by molar-refractivity contribution is 8.13. The number of aromatic amines is 1. The molecule has 3 N–H and O–H groups in total. The van der Waals surface area contributed by atoms with E-state index in [1.54, 1.807) is 42.2 Å². The maximum absolute atomic E-state index is 14.2. The van der Waals surface area contributed by atoms with Crippen LogP contribution in [0, 0.1) is 5.41 Å². The summed E-state index contributed by atoms with van der Waals surface area (Å²) in [5.41, 5.74) is 6.62. The first kappa shape index (κ1) is 36.6. The van der Waals surface area contributed by atoms with Crippen LogP contribution < -0.4 is 14.4 Å². The highest BCUT2D eigenvalue weighted by atomic mass is 35.5. The lowest BCUT2D eigenvalue weighted by molar-refractivity contribution is 0.0976. The molecule has 0 bridgehead atoms. The number of allylic oxidation sites excluding steroid dienone is 1. The summed E-state index contributed by atoms with van der Waals surface area (Å²) in [6.45, 7) is 4.36. The summed E-state index contributed by atoms with van der Waals surface area (Å²) in [5, 5.41) is 3.36. The average Bonchev–Trinajstić information content (AvgIpc) is 3.66. The first-order valence-electron chi connectivity index (χ1n) is 19.4. The second kappa shape index (κ2) is 14.2. The minimum Gasteiger partial charge on any atom is -0.455 e. The van der Waals surface area contributed by atoms with Gasteiger partial charge in [-0.3, -0.25) is 19.0 Å². The summed E-state index contributed by atoms with van der Waals surface area (Å²) in [6, 6.07) is 30.2. The molecule has 9 nitrogen and oxygen atoms in total. The highest BCUT2D eigenvalue weighted by Crippen LogP contribution is 2.55. The Balaban J connectivity index is 0.960. The number of rotatable bonds is 9. The summed E-state index contributed by atoms with van der Waals surface area (Å²) in [7, 11) is -4.83. The third-order valence-electron chi connectivity index (χ3n) is 12.1. The van der Waals surface area contributed by atoms with Crippen molar-refractivity contribution in [2.75, 3.05) is 43.9 Å². The van der Waals surface area contributed by atoms with E-state index in [4.69, 9.17) is 16.3 Å². The van der Waals surface area contributed by atoms with E-state index in [9.17, 15) is 13.6 Å². The molecule has 56 heavy (non-hydrogen) atoms. The molecule has 0 unspecified atom stereocenters. The van der Waals surface area contributed by atoms with Crippen LogP contribution in [0.4, 0.5) is 5.69 Å². The van der Waals surface area contributed by atoms with E-state index < -0.39 is 15.4 Å². The van der Waals surface area contributed by atoms with E-state index >= 15 is 0 Å². The van der Waals surface area contributed by atoms with Gasteiger partial charge in [0.05, 0.1) is 16.7 Å². The van der Waals surface area contributed by atoms with Gasteiger partial charge in [0.25, 0.3) is 5.91 Å². The predicted molar refractivity (Wildman–Crippen MR) is 226 cm³/mol. The Bertz CT molecular complexity index is 2570. The van der Waals surface area contributed by atoms with E-state index in [1.807, 2.05) is 60.7 Å². The van der Waals surface area contributed by atoms with Crippen molar-refractivity contribution < 1.29 is 18.3 Å². The molecule has 1 saturated heterocycles. The molecule has 9 rings (SSSR count). The Morgan fingerprint density at radius 3 is 2.48 bits per heavy atom. The molecule has 1 spiro atoms. The maximum atomic E-state index is 14.2. The van der Waals surface area contributed by atoms with Crippen LogP contribution in [0.3, 0.4) is 0 Å². The van der Waals surface area contributed by atoms with Crippen LogP contribution in [0.1, 0.15) is 54.4 Å². The molecule has 1 amide bonds. The van der Waals surface area contributed by atoms with Gasteiger partial charge in [0.15, 0.2) is 0 Å². The van der Waals surface area contributed by atoms with Gasteiger partial charge in [-0.25, -0.2) is 4.98 Å². The quantitative estimate of drug-likeness (QED) is 0.134. The molecule has 0 radical (unpaired) electrons. The number of aromatic nitrogens is 2. The molecule has 1 aliphatic heterocycles. The number of nitrogens with zero attached hydrogens (tertiary/aromatic N) is 3. The lowest BCUT2D eigenvalue weighted by Gasteiger charge is -2.47. The van der Waals surface area contributed by atoms with E-state index in [-0.39, 0.29) is 16.2 Å². The standard InChI is InChI=1S/C45H46ClN5O4S/c1-56(53,54,39-13-9-31-5-2-3-6-33(31)26-39)49-44(52)40-14-12-37(27-42(40)55-38-25-34-16-20-47-43(34)48-29-38)51-23-21-50(22-24-51)30-35-15-19-45(17-4-18-45)28-41(35)32-7-10-36(46)11-8-32/h2-3,5-14,16,20,25-27,29H,4,15,17-19,21-24,28,30H2,1H3,(H,47,48)(H2,49,52,53,54). The number of anilines is 1. The van der Waals surface area contributed by atoms with Gasteiger partial charge in [0.2, 0.25) is 0 Å². The van der Waals surface area contributed by atoms with E-state index in [2.05, 4.69) is 36.6 Å². The SMILES string of the molecule is CS(=O)(O)(NC(=O)c1ccc(N2CCN(CC3=C(c4ccc(Cl)cc4)CC4(CCC4)CC3)CC2)cc1Oc1cnc2[nH]ccc2c1)c1ccc2ccccc2c1. The second-order valence-electron chi connectivity index (χ2n) is 16.0. The summed E-state index contributed by atoms with van der Waals surface area (Å²) in [5.74, 6) is -0.00416. The lowest BCUT2D eigenvalue weighted by Crippen LogP contribution is -2.49. The average molecular weight is 788 g/mol. The number of halogens is 1. The summed E-state index contributed by atoms with van der Waals surface area (Å²) < 4.78 is 34.7. The van der Waals surface area contributed by atoms with Crippen molar-refractivity contribution in [1.82, 2.24) is 19.6 Å². The van der Waals surface area contributed by atoms with E-state index in [0.29, 0.717) is 11.2 Å². The van der Waals surface area contributed by atoms with Gasteiger partial charge in [0.1, 0.15) is 17.1 Å². The van der Waals surface area contributed by atoms with Gasteiger partial charge in [0, 0.05) is 67.3 Å². The molecular formula is C45H46ClN5O4S. The number of benzene rings is 4. The molecule has 2 aromatic heterocycles. The zero-order chi connectivity index (χ0) is 38.5. The lowest BCUT2D eigenvalue weighted by atomic mass is 9.59. The third kappa shape index (κ3) is 7.34. The van der Waals surface area contributed by atoms with Gasteiger partial charge in [-0.05, 0) is 108 Å². The minimum absolute atomic E-state index is 0.125. The van der Waals surface area contributed by atoms with Crippen LogP contribution in [0.2, 0.25) is 5.02 Å². The van der Waals surface area contributed by atoms with Crippen LogP contribution in [-0.2, 0) is 9.53 Å². The Morgan fingerprint density at radius 2 is 1.71 bits per heavy atom. The van der Waals surface area contributed by atoms with Crippen LogP contribution in [0.25, 0.3) is 27.4 Å². The molecule has 3 heterocycles. The van der Waals surface area contributed by atoms with Crippen molar-refractivity contribution in [2.24, 2.45) is 5.41 Å². The summed E-state index contributed by atoms with van der Waals surface area (Å²) in [4.78, 5) is 26.6. The normalized spacial score (nSPS) is 18.1. The molecule has 3 aliphatic rings. The van der Waals surface area contributed by atoms with Gasteiger partial charge < -0.3 is 14.6 Å². The Kier molecular flexibility index (Phi) is 9.28. The minimum atomic E-state index is -4.83. The van der Waals surface area contributed by atoms with Crippen molar-refractivity contribution in [3.8, 4) is 11.5 Å². The molecule has 2 fully saturated rings. The van der Waals surface area contributed by atoms with Crippen LogP contribution >= 0.6 is 11.6 Å². The number of amides is 1. The monoisotopic (exact) mass is 787 g/mol. The number of carbonyl (C=O) groups excluding carboxylic acids is 1. The third-order valence-corrected chi connectivity index (χ3v) is 14.4. The van der Waals surface area contributed by atoms with Gasteiger partial charge >= 0.3 is 0 Å². The number of fused-ring (bicyclic) bond motifs is 2. The molecule has 0 atom stereocenters. The van der Waals surface area contributed by atoms with E-state index in [1.165, 1.54) is 43.1 Å². The number of ether oxygens (including phenoxy) is 1. The zero-order valence-corrected chi connectivity index (χ0v) is 33.0. The molecule has 6 aromatic rings. The summed E-state index contributed by atoms with van der Waals surface area (Å²) in [6.07, 6.45) is 12.2. The van der Waals surface area contributed by atoms with Crippen molar-refractivity contribution >= 4 is 60.1 Å². The Labute approximate surface area is 332 Å². The zero-order valence-electron chi connectivity index (χ0n) is 31.5. The number of piperazine rings is 1. The molecule has 288 valence electrons. The summed E-state index contributed by atoms with van der Waals surface area (Å²) >= 11 is 6.28. The molecule has 2 aliphatic carbocycles. The van der Waals surface area contributed by atoms with Crippen molar-refractivity contribution in [3.05, 3.63) is 131 Å². The van der Waals surface area contributed by atoms with Crippen LogP contribution in [-0.4, -0.2) is 68.5 Å². The number of pyridine rings is 1. The van der Waals surface area contributed by atoms with Gasteiger partial charge in [-0.1, -0.05) is 66.1 Å². The number of carbonyl (C=O) groups is 1. The maximum Gasteiger partial charge on any atom is 0.272 e. The van der Waals surface area contributed by atoms with Gasteiger partial charge in [-0.15, -0.1) is 9.53 Å². The van der Waals surface area contributed by atoms with Crippen LogP contribution in [0.15, 0.2) is 120 Å². The van der Waals surface area contributed by atoms with E-state index in [0.717, 1.165) is 78.1 Å².